The summed E-state index contributed by atoms with van der Waals surface area (Å²) >= 11 is 0. The highest BCUT2D eigenvalue weighted by atomic mass is 32.2. The zero-order chi connectivity index (χ0) is 25.1. The number of aromatic nitrogens is 1. The Bertz CT molecular complexity index is 1130. The average molecular weight is 490 g/mol. The van der Waals surface area contributed by atoms with Gasteiger partial charge < -0.3 is 19.7 Å². The number of anilines is 1. The van der Waals surface area contributed by atoms with E-state index in [2.05, 4.69) is 16.4 Å². The molecule has 2 aromatic rings. The van der Waals surface area contributed by atoms with Gasteiger partial charge in [-0.3, -0.25) is 0 Å². The monoisotopic (exact) mass is 489 g/mol. The fourth-order valence-corrected chi connectivity index (χ4v) is 4.36. The lowest BCUT2D eigenvalue weighted by Crippen LogP contribution is -2.44. The topological polar surface area (TPSA) is 97.8 Å². The number of hydrogen-bond donors (Lipinski definition) is 1. The van der Waals surface area contributed by atoms with E-state index in [1.54, 1.807) is 17.9 Å². The first-order valence-electron chi connectivity index (χ1n) is 11.5. The van der Waals surface area contributed by atoms with Gasteiger partial charge in [0.1, 0.15) is 17.5 Å². The third-order valence-corrected chi connectivity index (χ3v) is 6.54. The van der Waals surface area contributed by atoms with E-state index in [0.717, 1.165) is 41.7 Å². The van der Waals surface area contributed by atoms with Crippen molar-refractivity contribution in [1.82, 2.24) is 9.88 Å². The van der Waals surface area contributed by atoms with Crippen LogP contribution in [0, 0.1) is 13.8 Å². The van der Waals surface area contributed by atoms with Crippen LogP contribution < -0.4 is 10.1 Å². The van der Waals surface area contributed by atoms with Crippen LogP contribution in [-0.2, 0) is 21.1 Å². The molecule has 0 spiro atoms. The normalized spacial score (nSPS) is 15.2. The number of hydrogen-bond acceptors (Lipinski definition) is 7. The number of carbonyl (C=O) groups is 1. The summed E-state index contributed by atoms with van der Waals surface area (Å²) in [6.07, 6.45) is 2.47. The summed E-state index contributed by atoms with van der Waals surface area (Å²) in [7, 11) is -3.33. The first-order chi connectivity index (χ1) is 15.8. The van der Waals surface area contributed by atoms with Crippen molar-refractivity contribution in [2.75, 3.05) is 24.7 Å². The molecule has 1 aromatic carbocycles. The molecule has 0 unspecified atom stereocenters. The zero-order valence-electron chi connectivity index (χ0n) is 20.8. The van der Waals surface area contributed by atoms with Gasteiger partial charge in [-0.25, -0.2) is 18.2 Å². The number of nitrogens with zero attached hydrogens (tertiary/aromatic N) is 2. The van der Waals surface area contributed by atoms with Crippen LogP contribution >= 0.6 is 0 Å². The van der Waals surface area contributed by atoms with Crippen molar-refractivity contribution in [2.45, 2.75) is 70.7 Å². The highest BCUT2D eigenvalue weighted by Crippen LogP contribution is 2.25. The van der Waals surface area contributed by atoms with Gasteiger partial charge in [-0.05, 0) is 63.9 Å². The molecule has 1 aromatic heterocycles. The van der Waals surface area contributed by atoms with Crippen molar-refractivity contribution < 1.29 is 22.7 Å². The third kappa shape index (κ3) is 7.09. The number of rotatable bonds is 6. The summed E-state index contributed by atoms with van der Waals surface area (Å²) in [6, 6.07) is 9.32. The molecule has 186 valence electrons. The van der Waals surface area contributed by atoms with Gasteiger partial charge in [-0.2, -0.15) is 0 Å². The Morgan fingerprint density at radius 1 is 1.15 bits per heavy atom. The van der Waals surface area contributed by atoms with E-state index in [1.165, 1.54) is 6.07 Å². The fraction of sp³-hybridized carbons (Fsp3) is 0.520. The number of piperidine rings is 1. The van der Waals surface area contributed by atoms with Crippen LogP contribution in [-0.4, -0.2) is 55.4 Å². The predicted octanol–water partition coefficient (Wildman–Crippen LogP) is 4.49. The summed E-state index contributed by atoms with van der Waals surface area (Å²) in [6.45, 7) is 11.2. The van der Waals surface area contributed by atoms with E-state index < -0.39 is 15.4 Å². The van der Waals surface area contributed by atoms with E-state index in [1.807, 2.05) is 39.8 Å². The molecule has 3 rings (SSSR count). The average Bonchev–Trinajstić information content (AvgIpc) is 2.73. The Morgan fingerprint density at radius 3 is 2.38 bits per heavy atom. The Hall–Kier alpha value is -2.81. The molecule has 9 heteroatoms. The van der Waals surface area contributed by atoms with Crippen LogP contribution in [0.5, 0.6) is 5.75 Å². The van der Waals surface area contributed by atoms with Crippen LogP contribution in [0.2, 0.25) is 0 Å². The Balaban J connectivity index is 1.53. The van der Waals surface area contributed by atoms with Crippen molar-refractivity contribution in [1.29, 1.82) is 0 Å². The minimum Gasteiger partial charge on any atom is -0.490 e. The van der Waals surface area contributed by atoms with Crippen LogP contribution in [0.3, 0.4) is 0 Å². The van der Waals surface area contributed by atoms with Crippen molar-refractivity contribution in [3.05, 3.63) is 47.2 Å². The molecule has 0 atom stereocenters. The molecule has 2 heterocycles. The molecule has 0 radical (unpaired) electrons. The molecule has 0 bridgehead atoms. The number of aryl methyl sites for hydroxylation is 2. The zero-order valence-corrected chi connectivity index (χ0v) is 21.7. The highest BCUT2D eigenvalue weighted by Gasteiger charge is 2.27. The van der Waals surface area contributed by atoms with E-state index in [-0.39, 0.29) is 17.2 Å². The van der Waals surface area contributed by atoms with E-state index in [4.69, 9.17) is 9.47 Å². The number of pyridine rings is 1. The second kappa shape index (κ2) is 10.2. The highest BCUT2D eigenvalue weighted by molar-refractivity contribution is 7.90. The lowest BCUT2D eigenvalue weighted by Gasteiger charge is -2.33. The summed E-state index contributed by atoms with van der Waals surface area (Å²) < 4.78 is 35.0. The van der Waals surface area contributed by atoms with Crippen LogP contribution in [0.15, 0.2) is 35.4 Å². The molecule has 1 saturated heterocycles. The minimum absolute atomic E-state index is 0.0587. The second-order valence-electron chi connectivity index (χ2n) is 9.79. The Morgan fingerprint density at radius 2 is 1.82 bits per heavy atom. The molecule has 1 fully saturated rings. The summed E-state index contributed by atoms with van der Waals surface area (Å²) in [5.41, 5.74) is 3.05. The molecular formula is C25H35N3O5S. The Kier molecular flexibility index (Phi) is 7.75. The summed E-state index contributed by atoms with van der Waals surface area (Å²) in [5.74, 6) is 0.842. The van der Waals surface area contributed by atoms with Gasteiger partial charge >= 0.3 is 6.09 Å². The molecule has 0 saturated carbocycles. The smallest absolute Gasteiger partial charge is 0.410 e. The number of ether oxygens (including phenoxy) is 2. The maximum absolute atomic E-state index is 12.2. The molecule has 1 aliphatic rings. The van der Waals surface area contributed by atoms with E-state index >= 15 is 0 Å². The van der Waals surface area contributed by atoms with Crippen molar-refractivity contribution in [2.24, 2.45) is 0 Å². The van der Waals surface area contributed by atoms with Gasteiger partial charge in [0.2, 0.25) is 0 Å². The van der Waals surface area contributed by atoms with Gasteiger partial charge in [0.05, 0.1) is 11.4 Å². The molecule has 34 heavy (non-hydrogen) atoms. The molecule has 8 nitrogen and oxygen atoms in total. The van der Waals surface area contributed by atoms with Gasteiger partial charge in [-0.15, -0.1) is 0 Å². The maximum Gasteiger partial charge on any atom is 0.410 e. The lowest BCUT2D eigenvalue weighted by atomic mass is 10.1. The first kappa shape index (κ1) is 25.8. The SMILES string of the molecule is Cc1cc(CNc2ccc(S(C)(=O)=O)nc2C)ccc1OC1CCN(C(=O)OC(C)(C)C)CC1. The van der Waals surface area contributed by atoms with Crippen molar-refractivity contribution in [3.63, 3.8) is 0 Å². The van der Waals surface area contributed by atoms with E-state index in [0.29, 0.717) is 25.3 Å². The van der Waals surface area contributed by atoms with Crippen LogP contribution in [0.25, 0.3) is 0 Å². The molecule has 0 aliphatic carbocycles. The quantitative estimate of drug-likeness (QED) is 0.638. The van der Waals surface area contributed by atoms with Gasteiger partial charge in [0.15, 0.2) is 14.9 Å². The minimum atomic E-state index is -3.33. The number of benzene rings is 1. The van der Waals surface area contributed by atoms with Crippen molar-refractivity contribution in [3.8, 4) is 5.75 Å². The van der Waals surface area contributed by atoms with Crippen LogP contribution in [0.4, 0.5) is 10.5 Å². The predicted molar refractivity (Wildman–Crippen MR) is 132 cm³/mol. The molecule has 1 aliphatic heterocycles. The molecule has 1 amide bonds. The summed E-state index contributed by atoms with van der Waals surface area (Å²) in [4.78, 5) is 18.2. The Labute approximate surface area is 202 Å². The first-order valence-corrected chi connectivity index (χ1v) is 13.4. The number of carbonyl (C=O) groups excluding carboxylic acids is 1. The second-order valence-corrected chi connectivity index (χ2v) is 11.8. The van der Waals surface area contributed by atoms with Crippen molar-refractivity contribution >= 4 is 21.6 Å². The third-order valence-electron chi connectivity index (χ3n) is 5.55. The van der Waals surface area contributed by atoms with Gasteiger partial charge in [-0.1, -0.05) is 12.1 Å². The number of likely N-dealkylation sites (tertiary alicyclic amines) is 1. The lowest BCUT2D eigenvalue weighted by molar-refractivity contribution is 0.0126. The standard InChI is InChI=1S/C25H35N3O5S/c1-17-15-19(16-26-21-8-10-23(27-18(21)2)34(6,30)31)7-9-22(17)32-20-11-13-28(14-12-20)24(29)33-25(3,4)5/h7-10,15,20,26H,11-14,16H2,1-6H3. The van der Waals surface area contributed by atoms with Gasteiger partial charge in [0.25, 0.3) is 0 Å². The largest absolute Gasteiger partial charge is 0.490 e. The van der Waals surface area contributed by atoms with E-state index in [9.17, 15) is 13.2 Å². The fourth-order valence-electron chi connectivity index (χ4n) is 3.74. The van der Waals surface area contributed by atoms with Gasteiger partial charge in [0, 0.05) is 38.7 Å². The number of sulfone groups is 1. The number of amides is 1. The maximum atomic E-state index is 12.2. The molecule has 1 N–H and O–H groups in total. The van der Waals surface area contributed by atoms with Crippen LogP contribution in [0.1, 0.15) is 50.4 Å². The number of nitrogens with one attached hydrogen (secondary N) is 1. The molecular weight excluding hydrogens is 454 g/mol. The summed E-state index contributed by atoms with van der Waals surface area (Å²) in [5, 5.41) is 3.39.